The number of rotatable bonds is 2. The van der Waals surface area contributed by atoms with E-state index in [2.05, 4.69) is 4.98 Å². The molecule has 0 aliphatic heterocycles. The van der Waals surface area contributed by atoms with Crippen LogP contribution in [0.25, 0.3) is 11.3 Å². The van der Waals surface area contributed by atoms with Crippen LogP contribution in [-0.2, 0) is 0 Å². The number of hydrogen-bond acceptors (Lipinski definition) is 2. The average molecular weight is 247 g/mol. The summed E-state index contributed by atoms with van der Waals surface area (Å²) in [6.45, 7) is 1.63. The van der Waals surface area contributed by atoms with Crippen LogP contribution >= 0.6 is 0 Å². The van der Waals surface area contributed by atoms with Crippen molar-refractivity contribution in [1.29, 1.82) is 0 Å². The van der Waals surface area contributed by atoms with Crippen molar-refractivity contribution in [3.63, 3.8) is 0 Å². The summed E-state index contributed by atoms with van der Waals surface area (Å²) in [6.07, 6.45) is 0. The molecule has 18 heavy (non-hydrogen) atoms. The van der Waals surface area contributed by atoms with Crippen LogP contribution in [0.5, 0.6) is 0 Å². The monoisotopic (exact) mass is 247 g/mol. The summed E-state index contributed by atoms with van der Waals surface area (Å²) in [6, 6.07) is 7.18. The number of pyridine rings is 1. The average Bonchev–Trinajstić information content (AvgIpc) is 2.32. The van der Waals surface area contributed by atoms with Gasteiger partial charge in [-0.25, -0.2) is 9.18 Å². The van der Waals surface area contributed by atoms with E-state index in [0.29, 0.717) is 16.8 Å². The highest BCUT2D eigenvalue weighted by molar-refractivity contribution is 5.87. The van der Waals surface area contributed by atoms with Crippen LogP contribution in [0.15, 0.2) is 35.1 Å². The molecule has 0 atom stereocenters. The lowest BCUT2D eigenvalue weighted by Gasteiger charge is -2.04. The summed E-state index contributed by atoms with van der Waals surface area (Å²) in [5.41, 5.74) is 0.326. The number of hydrogen-bond donors (Lipinski definition) is 2. The van der Waals surface area contributed by atoms with E-state index in [9.17, 15) is 14.0 Å². The van der Waals surface area contributed by atoms with Crippen molar-refractivity contribution in [1.82, 2.24) is 4.98 Å². The van der Waals surface area contributed by atoms with Crippen molar-refractivity contribution in [2.75, 3.05) is 0 Å². The molecule has 2 rings (SSSR count). The van der Waals surface area contributed by atoms with Gasteiger partial charge in [0.25, 0.3) is 5.56 Å². The fourth-order valence-electron chi connectivity index (χ4n) is 1.57. The van der Waals surface area contributed by atoms with E-state index in [1.807, 2.05) is 0 Å². The van der Waals surface area contributed by atoms with Gasteiger partial charge in [-0.2, -0.15) is 0 Å². The van der Waals surface area contributed by atoms with Gasteiger partial charge in [-0.1, -0.05) is 12.1 Å². The Hall–Kier alpha value is -2.43. The van der Waals surface area contributed by atoms with Crippen LogP contribution in [0.4, 0.5) is 4.39 Å². The Bertz CT molecular complexity index is 676. The zero-order valence-corrected chi connectivity index (χ0v) is 9.53. The predicted molar refractivity (Wildman–Crippen MR) is 64.2 cm³/mol. The molecule has 0 saturated carbocycles. The van der Waals surface area contributed by atoms with Crippen LogP contribution in [0.3, 0.4) is 0 Å². The highest BCUT2D eigenvalue weighted by atomic mass is 19.1. The lowest BCUT2D eigenvalue weighted by Crippen LogP contribution is -2.17. The Labute approximate surface area is 102 Å². The number of carboxylic acid groups (broad SMARTS) is 1. The molecule has 1 aromatic carbocycles. The van der Waals surface area contributed by atoms with Gasteiger partial charge in [-0.3, -0.25) is 4.79 Å². The first-order valence-corrected chi connectivity index (χ1v) is 5.22. The highest BCUT2D eigenvalue weighted by Crippen LogP contribution is 2.18. The topological polar surface area (TPSA) is 70.2 Å². The Kier molecular flexibility index (Phi) is 2.97. The molecular formula is C13H10FNO3. The van der Waals surface area contributed by atoms with Crippen molar-refractivity contribution in [3.05, 3.63) is 57.6 Å². The number of aromatic carboxylic acids is 1. The number of halogens is 1. The van der Waals surface area contributed by atoms with Gasteiger partial charge in [0, 0.05) is 11.3 Å². The molecular weight excluding hydrogens is 237 g/mol. The van der Waals surface area contributed by atoms with Crippen LogP contribution < -0.4 is 5.56 Å². The molecule has 5 heteroatoms. The summed E-state index contributed by atoms with van der Waals surface area (Å²) >= 11 is 0. The van der Waals surface area contributed by atoms with Crippen LogP contribution in [0.2, 0.25) is 0 Å². The molecule has 0 amide bonds. The quantitative estimate of drug-likeness (QED) is 0.854. The molecule has 0 spiro atoms. The molecule has 0 saturated heterocycles. The Morgan fingerprint density at radius 1 is 1.28 bits per heavy atom. The van der Waals surface area contributed by atoms with Gasteiger partial charge in [0.2, 0.25) is 0 Å². The predicted octanol–water partition coefficient (Wildman–Crippen LogP) is 2.19. The number of nitrogens with one attached hydrogen (secondary N) is 1. The van der Waals surface area contributed by atoms with Crippen LogP contribution in [-0.4, -0.2) is 16.1 Å². The van der Waals surface area contributed by atoms with Gasteiger partial charge in [-0.15, -0.1) is 0 Å². The molecule has 1 aromatic heterocycles. The standard InChI is InChI=1S/C13H10FNO3/c1-7-2-3-8(6-10(7)14)11-5-4-9(13(17)18)12(16)15-11/h2-6H,1H3,(H,15,16)(H,17,18). The number of aromatic nitrogens is 1. The summed E-state index contributed by atoms with van der Waals surface area (Å²) in [4.78, 5) is 24.6. The molecule has 0 unspecified atom stereocenters. The first kappa shape index (κ1) is 12.0. The third kappa shape index (κ3) is 2.15. The first-order valence-electron chi connectivity index (χ1n) is 5.22. The number of carboxylic acids is 1. The lowest BCUT2D eigenvalue weighted by atomic mass is 10.1. The largest absolute Gasteiger partial charge is 0.477 e. The van der Waals surface area contributed by atoms with E-state index < -0.39 is 11.5 Å². The second-order valence-corrected chi connectivity index (χ2v) is 3.88. The van der Waals surface area contributed by atoms with Gasteiger partial charge in [-0.05, 0) is 30.7 Å². The van der Waals surface area contributed by atoms with Crippen molar-refractivity contribution < 1.29 is 14.3 Å². The maximum atomic E-state index is 13.4. The van der Waals surface area contributed by atoms with Crippen molar-refractivity contribution in [2.45, 2.75) is 6.92 Å². The zero-order valence-electron chi connectivity index (χ0n) is 9.53. The number of aryl methyl sites for hydroxylation is 1. The third-order valence-electron chi connectivity index (χ3n) is 2.62. The normalized spacial score (nSPS) is 10.3. The summed E-state index contributed by atoms with van der Waals surface area (Å²) < 4.78 is 13.4. The molecule has 2 aromatic rings. The van der Waals surface area contributed by atoms with Gasteiger partial charge in [0.1, 0.15) is 11.4 Å². The smallest absolute Gasteiger partial charge is 0.341 e. The van der Waals surface area contributed by atoms with Crippen LogP contribution in [0.1, 0.15) is 15.9 Å². The van der Waals surface area contributed by atoms with Gasteiger partial charge in [0.15, 0.2) is 0 Å². The maximum absolute atomic E-state index is 13.4. The maximum Gasteiger partial charge on any atom is 0.341 e. The molecule has 0 aliphatic rings. The number of benzene rings is 1. The summed E-state index contributed by atoms with van der Waals surface area (Å²) in [5, 5.41) is 8.73. The minimum absolute atomic E-state index is 0.341. The van der Waals surface area contributed by atoms with E-state index in [1.165, 1.54) is 18.2 Å². The van der Waals surface area contributed by atoms with Gasteiger partial charge in [0.05, 0.1) is 0 Å². The molecule has 0 bridgehead atoms. The molecule has 0 aliphatic carbocycles. The Morgan fingerprint density at radius 2 is 2.00 bits per heavy atom. The number of aromatic amines is 1. The van der Waals surface area contributed by atoms with Crippen LogP contribution in [0, 0.1) is 12.7 Å². The molecule has 2 N–H and O–H groups in total. The molecule has 1 heterocycles. The fraction of sp³-hybridized carbons (Fsp3) is 0.0769. The van der Waals surface area contributed by atoms with Crippen molar-refractivity contribution in [2.24, 2.45) is 0 Å². The molecule has 0 radical (unpaired) electrons. The second-order valence-electron chi connectivity index (χ2n) is 3.88. The Morgan fingerprint density at radius 3 is 2.56 bits per heavy atom. The molecule has 92 valence electrons. The first-order chi connectivity index (χ1) is 8.49. The van der Waals surface area contributed by atoms with E-state index in [0.717, 1.165) is 0 Å². The number of H-pyrrole nitrogens is 1. The van der Waals surface area contributed by atoms with Crippen molar-refractivity contribution >= 4 is 5.97 Å². The minimum atomic E-state index is -1.29. The van der Waals surface area contributed by atoms with Crippen molar-refractivity contribution in [3.8, 4) is 11.3 Å². The third-order valence-corrected chi connectivity index (χ3v) is 2.62. The minimum Gasteiger partial charge on any atom is -0.477 e. The zero-order chi connectivity index (χ0) is 13.3. The number of carbonyl (C=O) groups is 1. The Balaban J connectivity index is 2.52. The van der Waals surface area contributed by atoms with E-state index in [-0.39, 0.29) is 11.4 Å². The van der Waals surface area contributed by atoms with Gasteiger partial charge < -0.3 is 10.1 Å². The van der Waals surface area contributed by atoms with E-state index in [4.69, 9.17) is 5.11 Å². The summed E-state index contributed by atoms with van der Waals surface area (Å²) in [5.74, 6) is -1.67. The fourth-order valence-corrected chi connectivity index (χ4v) is 1.57. The molecule has 4 nitrogen and oxygen atoms in total. The highest BCUT2D eigenvalue weighted by Gasteiger charge is 2.10. The lowest BCUT2D eigenvalue weighted by molar-refractivity contribution is 0.0695. The second kappa shape index (κ2) is 4.44. The molecule has 0 fully saturated rings. The summed E-state index contributed by atoms with van der Waals surface area (Å²) in [7, 11) is 0. The van der Waals surface area contributed by atoms with Gasteiger partial charge >= 0.3 is 5.97 Å². The van der Waals surface area contributed by atoms with E-state index >= 15 is 0 Å². The van der Waals surface area contributed by atoms with E-state index in [1.54, 1.807) is 19.1 Å². The SMILES string of the molecule is Cc1ccc(-c2ccc(C(=O)O)c(=O)[nH]2)cc1F.